The maximum Gasteiger partial charge on any atom is 0.267 e. The Morgan fingerprint density at radius 1 is 1.29 bits per heavy atom. The number of nitrogens with two attached hydrogens (primary N) is 1. The first-order chi connectivity index (χ1) is 9.99. The van der Waals surface area contributed by atoms with Crippen molar-refractivity contribution < 1.29 is 14.8 Å². The van der Waals surface area contributed by atoms with Gasteiger partial charge in [-0.3, -0.25) is 14.8 Å². The van der Waals surface area contributed by atoms with Gasteiger partial charge in [-0.25, -0.2) is 5.48 Å². The van der Waals surface area contributed by atoms with Crippen molar-refractivity contribution in [1.29, 1.82) is 0 Å². The predicted molar refractivity (Wildman–Crippen MR) is 79.9 cm³/mol. The molecule has 1 aromatic carbocycles. The molecule has 2 amide bonds. The van der Waals surface area contributed by atoms with Crippen LogP contribution in [0.4, 0.5) is 0 Å². The highest BCUT2D eigenvalue weighted by atomic mass is 16.5. The van der Waals surface area contributed by atoms with Crippen molar-refractivity contribution in [3.05, 3.63) is 35.4 Å². The Morgan fingerprint density at radius 3 is 2.38 bits per heavy atom. The molecule has 0 saturated heterocycles. The summed E-state index contributed by atoms with van der Waals surface area (Å²) in [6.07, 6.45) is 3.21. The zero-order valence-electron chi connectivity index (χ0n) is 12.4. The fraction of sp³-hybridized carbons (Fsp3) is 0.467. The SMILES string of the molecule is CCCCc1ccc(C(=O)N[C@H](C(=O)NO)[C@@H](C)N)cc1. The van der Waals surface area contributed by atoms with Crippen LogP contribution in [0.25, 0.3) is 0 Å². The number of unbranched alkanes of at least 4 members (excludes halogenated alkanes) is 1. The highest BCUT2D eigenvalue weighted by Gasteiger charge is 2.24. The number of hydrogen-bond acceptors (Lipinski definition) is 4. The second-order valence-electron chi connectivity index (χ2n) is 5.09. The van der Waals surface area contributed by atoms with Crippen LogP contribution >= 0.6 is 0 Å². The number of hydroxylamine groups is 1. The van der Waals surface area contributed by atoms with Crippen LogP contribution in [-0.4, -0.2) is 29.1 Å². The lowest BCUT2D eigenvalue weighted by Crippen LogP contribution is -2.54. The van der Waals surface area contributed by atoms with Crippen molar-refractivity contribution in [2.24, 2.45) is 5.73 Å². The predicted octanol–water partition coefficient (Wildman–Crippen LogP) is 0.980. The first-order valence-corrected chi connectivity index (χ1v) is 7.09. The maximum absolute atomic E-state index is 12.1. The van der Waals surface area contributed by atoms with E-state index in [1.165, 1.54) is 11.0 Å². The van der Waals surface area contributed by atoms with Gasteiger partial charge in [0.25, 0.3) is 11.8 Å². The van der Waals surface area contributed by atoms with Crippen LogP contribution < -0.4 is 16.5 Å². The van der Waals surface area contributed by atoms with Crippen LogP contribution in [0.2, 0.25) is 0 Å². The molecule has 0 fully saturated rings. The normalized spacial score (nSPS) is 13.3. The van der Waals surface area contributed by atoms with E-state index in [4.69, 9.17) is 10.9 Å². The Bertz CT molecular complexity index is 472. The summed E-state index contributed by atoms with van der Waals surface area (Å²) in [6, 6.07) is 5.63. The van der Waals surface area contributed by atoms with Crippen LogP contribution in [0, 0.1) is 0 Å². The Morgan fingerprint density at radius 2 is 1.90 bits per heavy atom. The molecule has 0 heterocycles. The number of nitrogens with one attached hydrogen (secondary N) is 2. The fourth-order valence-electron chi connectivity index (χ4n) is 1.93. The number of rotatable bonds is 7. The quantitative estimate of drug-likeness (QED) is 0.444. The van der Waals surface area contributed by atoms with Gasteiger partial charge in [0.15, 0.2) is 0 Å². The number of amides is 2. The fourth-order valence-corrected chi connectivity index (χ4v) is 1.93. The summed E-state index contributed by atoms with van der Waals surface area (Å²) in [5.41, 5.74) is 8.76. The van der Waals surface area contributed by atoms with E-state index in [1.54, 1.807) is 19.1 Å². The summed E-state index contributed by atoms with van der Waals surface area (Å²) in [5, 5.41) is 11.2. The highest BCUT2D eigenvalue weighted by molar-refractivity contribution is 5.97. The number of aryl methyl sites for hydroxylation is 1. The van der Waals surface area contributed by atoms with Crippen molar-refractivity contribution >= 4 is 11.8 Å². The van der Waals surface area contributed by atoms with E-state index in [-0.39, 0.29) is 0 Å². The molecule has 21 heavy (non-hydrogen) atoms. The lowest BCUT2D eigenvalue weighted by molar-refractivity contribution is -0.131. The number of carbonyl (C=O) groups excluding carboxylic acids is 2. The average molecular weight is 293 g/mol. The monoisotopic (exact) mass is 293 g/mol. The van der Waals surface area contributed by atoms with Crippen LogP contribution in [0.1, 0.15) is 42.6 Å². The van der Waals surface area contributed by atoms with Crippen LogP contribution in [0.15, 0.2) is 24.3 Å². The molecule has 0 spiro atoms. The average Bonchev–Trinajstić information content (AvgIpc) is 2.49. The molecule has 0 aliphatic heterocycles. The Labute approximate surface area is 124 Å². The van der Waals surface area contributed by atoms with Gasteiger partial charge in [-0.15, -0.1) is 0 Å². The van der Waals surface area contributed by atoms with Crippen molar-refractivity contribution in [1.82, 2.24) is 10.8 Å². The van der Waals surface area contributed by atoms with E-state index in [2.05, 4.69) is 12.2 Å². The standard InChI is InChI=1S/C15H23N3O3/c1-3-4-5-11-6-8-12(9-7-11)14(19)17-13(10(2)16)15(20)18-21/h6-10,13,21H,3-5,16H2,1-2H3,(H,17,19)(H,18,20)/t10-,13+/m1/s1. The molecule has 0 saturated carbocycles. The summed E-state index contributed by atoms with van der Waals surface area (Å²) in [7, 11) is 0. The number of carbonyl (C=O) groups is 2. The number of hydrogen-bond donors (Lipinski definition) is 4. The van der Waals surface area contributed by atoms with Crippen LogP contribution in [0.5, 0.6) is 0 Å². The Balaban J connectivity index is 2.71. The van der Waals surface area contributed by atoms with E-state index in [0.29, 0.717) is 5.56 Å². The summed E-state index contributed by atoms with van der Waals surface area (Å²) >= 11 is 0. The molecule has 0 radical (unpaired) electrons. The Kier molecular flexibility index (Phi) is 6.84. The van der Waals surface area contributed by atoms with Gasteiger partial charge in [0.1, 0.15) is 6.04 Å². The lowest BCUT2D eigenvalue weighted by Gasteiger charge is -2.20. The zero-order chi connectivity index (χ0) is 15.8. The molecule has 0 aliphatic rings. The summed E-state index contributed by atoms with van der Waals surface area (Å²) < 4.78 is 0. The lowest BCUT2D eigenvalue weighted by atomic mass is 10.1. The second-order valence-corrected chi connectivity index (χ2v) is 5.09. The minimum Gasteiger partial charge on any atom is -0.339 e. The van der Waals surface area contributed by atoms with Gasteiger partial charge in [0.05, 0.1) is 0 Å². The van der Waals surface area contributed by atoms with Gasteiger partial charge in [-0.05, 0) is 37.5 Å². The van der Waals surface area contributed by atoms with Crippen molar-refractivity contribution in [3.8, 4) is 0 Å². The van der Waals surface area contributed by atoms with Gasteiger partial charge < -0.3 is 11.1 Å². The van der Waals surface area contributed by atoms with Crippen LogP contribution in [0.3, 0.4) is 0 Å². The van der Waals surface area contributed by atoms with Gasteiger partial charge >= 0.3 is 0 Å². The third-order valence-corrected chi connectivity index (χ3v) is 3.24. The number of benzene rings is 1. The zero-order valence-corrected chi connectivity index (χ0v) is 12.4. The largest absolute Gasteiger partial charge is 0.339 e. The molecule has 0 unspecified atom stereocenters. The van der Waals surface area contributed by atoms with Crippen molar-refractivity contribution in [3.63, 3.8) is 0 Å². The molecular formula is C15H23N3O3. The van der Waals surface area contributed by atoms with E-state index >= 15 is 0 Å². The van der Waals surface area contributed by atoms with E-state index in [0.717, 1.165) is 19.3 Å². The van der Waals surface area contributed by atoms with Crippen molar-refractivity contribution in [2.45, 2.75) is 45.2 Å². The molecule has 1 aromatic rings. The molecule has 0 aromatic heterocycles. The molecule has 1 rings (SSSR count). The topological polar surface area (TPSA) is 104 Å². The molecule has 0 bridgehead atoms. The smallest absolute Gasteiger partial charge is 0.267 e. The molecular weight excluding hydrogens is 270 g/mol. The Hall–Kier alpha value is -1.92. The van der Waals surface area contributed by atoms with E-state index in [1.807, 2.05) is 12.1 Å². The van der Waals surface area contributed by atoms with Crippen LogP contribution in [-0.2, 0) is 11.2 Å². The summed E-state index contributed by atoms with van der Waals surface area (Å²) in [4.78, 5) is 23.5. The molecule has 2 atom stereocenters. The molecule has 6 nitrogen and oxygen atoms in total. The minimum absolute atomic E-state index is 0.400. The first kappa shape index (κ1) is 17.1. The maximum atomic E-state index is 12.1. The van der Waals surface area contributed by atoms with Gasteiger partial charge in [-0.2, -0.15) is 0 Å². The van der Waals surface area contributed by atoms with E-state index in [9.17, 15) is 9.59 Å². The first-order valence-electron chi connectivity index (χ1n) is 7.09. The molecule has 116 valence electrons. The molecule has 6 heteroatoms. The van der Waals surface area contributed by atoms with E-state index < -0.39 is 23.9 Å². The molecule has 5 N–H and O–H groups in total. The molecule has 0 aliphatic carbocycles. The highest BCUT2D eigenvalue weighted by Crippen LogP contribution is 2.08. The summed E-state index contributed by atoms with van der Waals surface area (Å²) in [5.74, 6) is -1.14. The van der Waals surface area contributed by atoms with Gasteiger partial charge in [0.2, 0.25) is 0 Å². The third-order valence-electron chi connectivity index (χ3n) is 3.24. The van der Waals surface area contributed by atoms with Gasteiger partial charge in [0, 0.05) is 11.6 Å². The van der Waals surface area contributed by atoms with Crippen molar-refractivity contribution in [2.75, 3.05) is 0 Å². The minimum atomic E-state index is -0.984. The summed E-state index contributed by atoms with van der Waals surface area (Å²) in [6.45, 7) is 3.70. The van der Waals surface area contributed by atoms with Gasteiger partial charge in [-0.1, -0.05) is 25.5 Å². The second kappa shape index (κ2) is 8.39. The third kappa shape index (κ3) is 5.17.